The predicted molar refractivity (Wildman–Crippen MR) is 361 cm³/mol. The van der Waals surface area contributed by atoms with E-state index in [1.807, 2.05) is 0 Å². The molecule has 0 nitrogen and oxygen atoms in total. The van der Waals surface area contributed by atoms with Crippen molar-refractivity contribution in [3.8, 4) is 0 Å². The maximum absolute atomic E-state index is 2.55. The zero-order valence-corrected chi connectivity index (χ0v) is 59.4. The molecule has 0 bridgehead atoms. The van der Waals surface area contributed by atoms with Crippen molar-refractivity contribution >= 4 is 0 Å². The van der Waals surface area contributed by atoms with Crippen LogP contribution in [0.3, 0.4) is 0 Å². The molecule has 10 fully saturated rings. The first-order valence-electron chi connectivity index (χ1n) is 36.4. The highest BCUT2D eigenvalue weighted by Crippen LogP contribution is 2.60. The van der Waals surface area contributed by atoms with Crippen LogP contribution in [0, 0.1) is 163 Å². The summed E-state index contributed by atoms with van der Waals surface area (Å²) in [4.78, 5) is 0. The second-order valence-electron chi connectivity index (χ2n) is 38.1. The molecule has 0 radical (unpaired) electrons. The van der Waals surface area contributed by atoms with E-state index in [0.717, 1.165) is 130 Å². The Kier molecular flexibility index (Phi) is 27.0. The third-order valence-electron chi connectivity index (χ3n) is 26.6. The normalized spacial score (nSPS) is 40.4. The van der Waals surface area contributed by atoms with Crippen molar-refractivity contribution < 1.29 is 0 Å². The minimum Gasteiger partial charge on any atom is -0.0776 e. The summed E-state index contributed by atoms with van der Waals surface area (Å²) in [5, 5.41) is 0. The smallest absolute Gasteiger partial charge is 0.0308 e. The van der Waals surface area contributed by atoms with Gasteiger partial charge in [-0.1, -0.05) is 271 Å². The van der Waals surface area contributed by atoms with Crippen LogP contribution < -0.4 is 0 Å². The van der Waals surface area contributed by atoms with E-state index in [1.54, 1.807) is 0 Å². The molecule has 18 unspecified atom stereocenters. The molecule has 80 heavy (non-hydrogen) atoms. The van der Waals surface area contributed by atoms with E-state index in [4.69, 9.17) is 0 Å². The Morgan fingerprint density at radius 1 is 0.212 bits per heavy atom. The Labute approximate surface area is 508 Å². The maximum atomic E-state index is 2.55. The predicted octanol–water partition coefficient (Wildman–Crippen LogP) is 26.4. The fraction of sp³-hybridized carbons (Fsp3) is 1.00. The Hall–Kier alpha value is 0. The van der Waals surface area contributed by atoms with Crippen LogP contribution in [0.15, 0.2) is 0 Å². The van der Waals surface area contributed by atoms with Crippen molar-refractivity contribution in [2.24, 2.45) is 163 Å². The van der Waals surface area contributed by atoms with Crippen molar-refractivity contribution in [1.29, 1.82) is 0 Å². The summed E-state index contributed by atoms with van der Waals surface area (Å²) in [5.74, 6) is 21.9. The van der Waals surface area contributed by atoms with Crippen LogP contribution in [0.4, 0.5) is 0 Å². The molecule has 0 aromatic carbocycles. The average Bonchev–Trinajstić information content (AvgIpc) is 4.19. The summed E-state index contributed by atoms with van der Waals surface area (Å²) in [7, 11) is 0. The Balaban J connectivity index is 0.000000208. The number of fused-ring (bicyclic) bond motifs is 4. The Bertz CT molecular complexity index is 1660. The molecule has 10 rings (SSSR count). The maximum Gasteiger partial charge on any atom is -0.0308 e. The van der Waals surface area contributed by atoms with Gasteiger partial charge in [0.15, 0.2) is 0 Å². The van der Waals surface area contributed by atoms with E-state index in [0.29, 0.717) is 32.5 Å². The number of hydrogen-bond acceptors (Lipinski definition) is 0. The fourth-order valence-corrected chi connectivity index (χ4v) is 24.1. The Morgan fingerprint density at radius 3 is 0.713 bits per heavy atom. The number of hydrogen-bond donors (Lipinski definition) is 0. The molecule has 0 spiro atoms. The summed E-state index contributed by atoms with van der Waals surface area (Å²) in [6.45, 7) is 63.8. The summed E-state index contributed by atoms with van der Waals surface area (Å²) < 4.78 is 0. The van der Waals surface area contributed by atoms with Gasteiger partial charge in [-0.15, -0.1) is 0 Å². The first-order chi connectivity index (χ1) is 36.4. The molecule has 0 saturated heterocycles. The summed E-state index contributed by atoms with van der Waals surface area (Å²) >= 11 is 0. The molecule has 0 aromatic heterocycles. The van der Waals surface area contributed by atoms with E-state index >= 15 is 0 Å². The van der Waals surface area contributed by atoms with Gasteiger partial charge >= 0.3 is 0 Å². The molecule has 0 aromatic rings. The highest BCUT2D eigenvalue weighted by molar-refractivity contribution is 5.02. The quantitative estimate of drug-likeness (QED) is 0.227. The molecule has 0 heteroatoms. The Morgan fingerprint density at radius 2 is 0.425 bits per heavy atom. The van der Waals surface area contributed by atoms with Crippen molar-refractivity contribution in [2.45, 2.75) is 348 Å². The standard InChI is InChI=1S/C16H30.2C15H28.C14H26.C10H20.C9H18.CH4/c1-11-10-13-8-6-7-9-14(13)12(2)15(11)16(3,4)5;1-10-9-12-7-6-8-13(12)11(2)14(10)15(3,4)5;1-10-12-8-6-7-9-13(12)11(2)14(10)15(3,4)5;1-9-11-7-6-8-12(11)10(2)13(9)14(3,4)5;1-10(2,3)9-7-5-4-6-8-9;1-9(2,3)8-6-4-5-7-8;/h11-15H,6-10H2,1-5H3;2*10-14H,6-9H2,1-5H3;9-13H,6-8H2,1-5H3;9H,4-8H2,1-3H3;8H,4-7H2,1-3H3;1H4. The van der Waals surface area contributed by atoms with E-state index in [1.165, 1.54) is 161 Å². The molecular formula is C80H154. The lowest BCUT2D eigenvalue weighted by molar-refractivity contribution is -0.0271. The second-order valence-corrected chi connectivity index (χ2v) is 38.1. The van der Waals surface area contributed by atoms with E-state index in [2.05, 4.69) is 180 Å². The van der Waals surface area contributed by atoms with E-state index < -0.39 is 0 Å². The van der Waals surface area contributed by atoms with Crippen LogP contribution in [0.1, 0.15) is 348 Å². The molecule has 474 valence electrons. The molecule has 10 saturated carbocycles. The third kappa shape index (κ3) is 18.8. The van der Waals surface area contributed by atoms with Gasteiger partial charge in [0.25, 0.3) is 0 Å². The topological polar surface area (TPSA) is 0 Å². The van der Waals surface area contributed by atoms with E-state index in [9.17, 15) is 0 Å². The van der Waals surface area contributed by atoms with Crippen LogP contribution in [0.25, 0.3) is 0 Å². The van der Waals surface area contributed by atoms with Crippen molar-refractivity contribution in [1.82, 2.24) is 0 Å². The minimum absolute atomic E-state index is 0. The lowest BCUT2D eigenvalue weighted by atomic mass is 9.53. The molecule has 18 atom stereocenters. The van der Waals surface area contributed by atoms with Crippen LogP contribution >= 0.6 is 0 Å². The van der Waals surface area contributed by atoms with Crippen LogP contribution in [0.2, 0.25) is 0 Å². The van der Waals surface area contributed by atoms with Crippen molar-refractivity contribution in [3.63, 3.8) is 0 Å². The molecule has 0 heterocycles. The van der Waals surface area contributed by atoms with Gasteiger partial charge in [-0.2, -0.15) is 0 Å². The lowest BCUT2D eigenvalue weighted by Gasteiger charge is -2.52. The zero-order chi connectivity index (χ0) is 59.4. The monoisotopic (exact) mass is 1120 g/mol. The molecular weight excluding hydrogens is 961 g/mol. The van der Waals surface area contributed by atoms with Gasteiger partial charge in [0.05, 0.1) is 0 Å². The molecule has 0 N–H and O–H groups in total. The van der Waals surface area contributed by atoms with Gasteiger partial charge in [-0.3, -0.25) is 0 Å². The second kappa shape index (κ2) is 29.8. The van der Waals surface area contributed by atoms with Gasteiger partial charge in [-0.25, -0.2) is 0 Å². The van der Waals surface area contributed by atoms with Gasteiger partial charge in [-0.05, 0) is 240 Å². The summed E-state index contributed by atoms with van der Waals surface area (Å²) in [5.41, 5.74) is 3.18. The SMILES string of the molecule is C.CC(C)(C)C1CCCC1.CC(C)(C)C1CCCCC1.CC1C2CCCC2C(C)C1C(C)(C)C.CC1C2CCCCC2C(C)C1C(C)(C)C.CC1CC2CCCC2C(C)C1C(C)(C)C.CC1CC2CCCCC2C(C)C1C(C)(C)C. The minimum atomic E-state index is 0. The van der Waals surface area contributed by atoms with Crippen molar-refractivity contribution in [2.75, 3.05) is 0 Å². The first kappa shape index (κ1) is 72.5. The molecule has 0 amide bonds. The molecule has 10 aliphatic carbocycles. The van der Waals surface area contributed by atoms with Gasteiger partial charge in [0.2, 0.25) is 0 Å². The number of rotatable bonds is 0. The van der Waals surface area contributed by atoms with E-state index in [-0.39, 0.29) is 7.43 Å². The van der Waals surface area contributed by atoms with Crippen LogP contribution in [-0.4, -0.2) is 0 Å². The largest absolute Gasteiger partial charge is 0.0776 e. The summed E-state index contributed by atoms with van der Waals surface area (Å²) in [6, 6.07) is 0. The first-order valence-corrected chi connectivity index (χ1v) is 36.4. The average molecular weight is 1120 g/mol. The van der Waals surface area contributed by atoms with Gasteiger partial charge in [0, 0.05) is 0 Å². The van der Waals surface area contributed by atoms with Gasteiger partial charge in [0.1, 0.15) is 0 Å². The fourth-order valence-electron chi connectivity index (χ4n) is 24.1. The van der Waals surface area contributed by atoms with Crippen LogP contribution in [0.5, 0.6) is 0 Å². The highest BCUT2D eigenvalue weighted by Gasteiger charge is 2.53. The molecule has 0 aliphatic heterocycles. The molecule has 10 aliphatic rings. The summed E-state index contributed by atoms with van der Waals surface area (Å²) in [6.07, 6.45) is 37.4. The third-order valence-corrected chi connectivity index (χ3v) is 26.6. The highest BCUT2D eigenvalue weighted by atomic mass is 14.6. The zero-order valence-electron chi connectivity index (χ0n) is 59.4. The lowest BCUT2D eigenvalue weighted by Crippen LogP contribution is -2.44. The van der Waals surface area contributed by atoms with Gasteiger partial charge < -0.3 is 0 Å². The van der Waals surface area contributed by atoms with Crippen LogP contribution in [-0.2, 0) is 0 Å². The van der Waals surface area contributed by atoms with Crippen molar-refractivity contribution in [3.05, 3.63) is 0 Å².